The number of anilines is 1. The lowest BCUT2D eigenvalue weighted by Gasteiger charge is -2.18. The Morgan fingerprint density at radius 2 is 2.24 bits per heavy atom. The number of urea groups is 1. The lowest BCUT2D eigenvalue weighted by Crippen LogP contribution is -2.33. The molecule has 1 atom stereocenters. The van der Waals surface area contributed by atoms with Gasteiger partial charge in [0.15, 0.2) is 0 Å². The Balaban J connectivity index is 2.09. The molecule has 0 spiro atoms. The van der Waals surface area contributed by atoms with Gasteiger partial charge in [-0.2, -0.15) is 0 Å². The molecule has 1 aliphatic heterocycles. The zero-order valence-corrected chi connectivity index (χ0v) is 11.9. The zero-order valence-electron chi connectivity index (χ0n) is 11.9. The number of likely N-dealkylation sites (tertiary alicyclic amines) is 1. The molecule has 2 amide bonds. The molecule has 1 unspecified atom stereocenters. The van der Waals surface area contributed by atoms with Crippen molar-refractivity contribution in [2.24, 2.45) is 5.92 Å². The third-order valence-corrected chi connectivity index (χ3v) is 3.75. The van der Waals surface area contributed by atoms with Crippen LogP contribution in [0.1, 0.15) is 36.5 Å². The summed E-state index contributed by atoms with van der Waals surface area (Å²) >= 11 is 0. The number of carbonyl (C=O) groups is 2. The van der Waals surface area contributed by atoms with Crippen molar-refractivity contribution in [2.45, 2.75) is 26.2 Å². The highest BCUT2D eigenvalue weighted by molar-refractivity contribution is 6.00. The van der Waals surface area contributed by atoms with Gasteiger partial charge >= 0.3 is 12.0 Å². The summed E-state index contributed by atoms with van der Waals surface area (Å²) < 4.78 is 13.8. The molecular formula is C15H19FN2O3. The number of hydrogen-bond donors (Lipinski definition) is 2. The van der Waals surface area contributed by atoms with Crippen LogP contribution in [0.2, 0.25) is 0 Å². The second-order valence-electron chi connectivity index (χ2n) is 5.29. The van der Waals surface area contributed by atoms with Crippen LogP contribution in [-0.2, 0) is 0 Å². The van der Waals surface area contributed by atoms with E-state index in [0.29, 0.717) is 19.0 Å². The molecule has 0 bridgehead atoms. The summed E-state index contributed by atoms with van der Waals surface area (Å²) in [6, 6.07) is 3.26. The summed E-state index contributed by atoms with van der Waals surface area (Å²) in [4.78, 5) is 24.8. The number of carboxylic acids is 1. The van der Waals surface area contributed by atoms with Crippen LogP contribution in [0.15, 0.2) is 18.2 Å². The maximum atomic E-state index is 13.8. The number of halogens is 1. The van der Waals surface area contributed by atoms with Crippen LogP contribution in [-0.4, -0.2) is 35.1 Å². The standard InChI is InChI=1S/C15H19FN2O3/c1-2-4-10-7-8-18(9-10)15(21)17-13-11(14(19)20)5-3-6-12(13)16/h3,5-6,10H,2,4,7-9H2,1H3,(H,17,21)(H,19,20). The van der Waals surface area contributed by atoms with E-state index in [1.807, 2.05) is 0 Å². The van der Waals surface area contributed by atoms with Crippen LogP contribution in [0.25, 0.3) is 0 Å². The molecule has 21 heavy (non-hydrogen) atoms. The van der Waals surface area contributed by atoms with Gasteiger partial charge in [0.2, 0.25) is 0 Å². The van der Waals surface area contributed by atoms with E-state index in [2.05, 4.69) is 12.2 Å². The van der Waals surface area contributed by atoms with Gasteiger partial charge in [-0.1, -0.05) is 19.4 Å². The summed E-state index contributed by atoms with van der Waals surface area (Å²) in [7, 11) is 0. The number of aromatic carboxylic acids is 1. The number of para-hydroxylation sites is 1. The van der Waals surface area contributed by atoms with Crippen LogP contribution >= 0.6 is 0 Å². The molecule has 2 rings (SSSR count). The van der Waals surface area contributed by atoms with E-state index >= 15 is 0 Å². The van der Waals surface area contributed by atoms with Gasteiger partial charge in [0.25, 0.3) is 0 Å². The molecule has 1 aromatic carbocycles. The summed E-state index contributed by atoms with van der Waals surface area (Å²) in [5, 5.41) is 11.4. The lowest BCUT2D eigenvalue weighted by molar-refractivity contribution is 0.0697. The van der Waals surface area contributed by atoms with Crippen molar-refractivity contribution < 1.29 is 19.1 Å². The van der Waals surface area contributed by atoms with Crippen molar-refractivity contribution in [1.29, 1.82) is 0 Å². The molecule has 0 aromatic heterocycles. The van der Waals surface area contributed by atoms with Gasteiger partial charge in [0.1, 0.15) is 5.82 Å². The molecule has 1 fully saturated rings. The Labute approximate surface area is 122 Å². The van der Waals surface area contributed by atoms with E-state index in [-0.39, 0.29) is 11.3 Å². The molecule has 2 N–H and O–H groups in total. The second-order valence-corrected chi connectivity index (χ2v) is 5.29. The van der Waals surface area contributed by atoms with E-state index in [0.717, 1.165) is 25.3 Å². The summed E-state index contributed by atoms with van der Waals surface area (Å²) in [6.45, 7) is 3.35. The molecule has 0 radical (unpaired) electrons. The highest BCUT2D eigenvalue weighted by Crippen LogP contribution is 2.24. The minimum atomic E-state index is -1.27. The predicted octanol–water partition coefficient (Wildman–Crippen LogP) is 3.18. The van der Waals surface area contributed by atoms with Crippen molar-refractivity contribution in [3.05, 3.63) is 29.6 Å². The maximum Gasteiger partial charge on any atom is 0.337 e. The molecule has 0 aliphatic carbocycles. The number of rotatable bonds is 4. The fourth-order valence-electron chi connectivity index (χ4n) is 2.68. The highest BCUT2D eigenvalue weighted by Gasteiger charge is 2.27. The van der Waals surface area contributed by atoms with Gasteiger partial charge in [-0.15, -0.1) is 0 Å². The molecule has 5 nitrogen and oxygen atoms in total. The number of amides is 2. The quantitative estimate of drug-likeness (QED) is 0.896. The van der Waals surface area contributed by atoms with Crippen molar-refractivity contribution >= 4 is 17.7 Å². The van der Waals surface area contributed by atoms with Crippen LogP contribution in [0, 0.1) is 11.7 Å². The number of nitrogens with one attached hydrogen (secondary N) is 1. The average Bonchev–Trinajstić information content (AvgIpc) is 2.90. The average molecular weight is 294 g/mol. The largest absolute Gasteiger partial charge is 0.478 e. The number of carboxylic acid groups (broad SMARTS) is 1. The van der Waals surface area contributed by atoms with Gasteiger partial charge in [0, 0.05) is 13.1 Å². The first-order chi connectivity index (χ1) is 10.0. The topological polar surface area (TPSA) is 69.6 Å². The minimum absolute atomic E-state index is 0.243. The first-order valence-corrected chi connectivity index (χ1v) is 7.10. The molecule has 1 heterocycles. The summed E-state index contributed by atoms with van der Waals surface area (Å²) in [5.41, 5.74) is -0.512. The Hall–Kier alpha value is -2.11. The van der Waals surface area contributed by atoms with Crippen molar-refractivity contribution in [1.82, 2.24) is 4.90 Å². The SMILES string of the molecule is CCCC1CCN(C(=O)Nc2c(F)cccc2C(=O)O)C1. The van der Waals surface area contributed by atoms with E-state index < -0.39 is 17.8 Å². The van der Waals surface area contributed by atoms with Crippen molar-refractivity contribution in [3.63, 3.8) is 0 Å². The Bertz CT molecular complexity index is 548. The molecule has 114 valence electrons. The number of nitrogens with zero attached hydrogens (tertiary/aromatic N) is 1. The fraction of sp³-hybridized carbons (Fsp3) is 0.467. The van der Waals surface area contributed by atoms with Crippen LogP contribution in [0.4, 0.5) is 14.9 Å². The first-order valence-electron chi connectivity index (χ1n) is 7.10. The highest BCUT2D eigenvalue weighted by atomic mass is 19.1. The van der Waals surface area contributed by atoms with Gasteiger partial charge < -0.3 is 15.3 Å². The molecule has 6 heteroatoms. The third kappa shape index (κ3) is 3.51. The van der Waals surface area contributed by atoms with E-state index in [9.17, 15) is 14.0 Å². The Morgan fingerprint density at radius 3 is 2.90 bits per heavy atom. The second kappa shape index (κ2) is 6.56. The van der Waals surface area contributed by atoms with Gasteiger partial charge in [-0.3, -0.25) is 0 Å². The normalized spacial score (nSPS) is 17.8. The van der Waals surface area contributed by atoms with Gasteiger partial charge in [-0.05, 0) is 30.9 Å². The Kier molecular flexibility index (Phi) is 4.77. The fourth-order valence-corrected chi connectivity index (χ4v) is 2.68. The van der Waals surface area contributed by atoms with Crippen molar-refractivity contribution in [2.75, 3.05) is 18.4 Å². The maximum absolute atomic E-state index is 13.8. The van der Waals surface area contributed by atoms with Gasteiger partial charge in [0.05, 0.1) is 11.3 Å². The zero-order chi connectivity index (χ0) is 15.4. The minimum Gasteiger partial charge on any atom is -0.478 e. The van der Waals surface area contributed by atoms with E-state index in [1.54, 1.807) is 4.90 Å². The summed E-state index contributed by atoms with van der Waals surface area (Å²) in [6.07, 6.45) is 3.06. The molecular weight excluding hydrogens is 275 g/mol. The van der Waals surface area contributed by atoms with E-state index in [4.69, 9.17) is 5.11 Å². The summed E-state index contributed by atoms with van der Waals surface area (Å²) in [5.74, 6) is -1.54. The predicted molar refractivity (Wildman–Crippen MR) is 77.0 cm³/mol. The van der Waals surface area contributed by atoms with Crippen molar-refractivity contribution in [3.8, 4) is 0 Å². The molecule has 1 aliphatic rings. The molecule has 0 saturated carbocycles. The monoisotopic (exact) mass is 294 g/mol. The third-order valence-electron chi connectivity index (χ3n) is 3.75. The molecule has 1 aromatic rings. The number of hydrogen-bond acceptors (Lipinski definition) is 2. The van der Waals surface area contributed by atoms with Gasteiger partial charge in [-0.25, -0.2) is 14.0 Å². The molecule has 1 saturated heterocycles. The number of benzene rings is 1. The Morgan fingerprint density at radius 1 is 1.48 bits per heavy atom. The first kappa shape index (κ1) is 15.3. The smallest absolute Gasteiger partial charge is 0.337 e. The van der Waals surface area contributed by atoms with Crippen LogP contribution in [0.5, 0.6) is 0 Å². The lowest BCUT2D eigenvalue weighted by atomic mass is 10.0. The number of carbonyl (C=O) groups excluding carboxylic acids is 1. The van der Waals surface area contributed by atoms with Crippen LogP contribution in [0.3, 0.4) is 0 Å². The van der Waals surface area contributed by atoms with Crippen LogP contribution < -0.4 is 5.32 Å². The van der Waals surface area contributed by atoms with E-state index in [1.165, 1.54) is 12.1 Å².